The lowest BCUT2D eigenvalue weighted by Crippen LogP contribution is -2.50. The summed E-state index contributed by atoms with van der Waals surface area (Å²) in [5.41, 5.74) is 4.83. The third-order valence-electron chi connectivity index (χ3n) is 7.76. The molecular formula is C27H32N2O3. The van der Waals surface area contributed by atoms with Crippen molar-refractivity contribution in [1.82, 2.24) is 9.88 Å². The zero-order valence-electron chi connectivity index (χ0n) is 18.6. The van der Waals surface area contributed by atoms with E-state index in [-0.39, 0.29) is 6.23 Å². The van der Waals surface area contributed by atoms with E-state index in [0.717, 1.165) is 44.3 Å². The summed E-state index contributed by atoms with van der Waals surface area (Å²) in [5, 5.41) is 11.7. The Kier molecular flexibility index (Phi) is 5.38. The maximum absolute atomic E-state index is 10.5. The molecule has 1 aromatic heterocycles. The molecule has 168 valence electrons. The minimum absolute atomic E-state index is 0.257. The number of rotatable bonds is 5. The van der Waals surface area contributed by atoms with Gasteiger partial charge in [-0.2, -0.15) is 0 Å². The lowest BCUT2D eigenvalue weighted by Gasteiger charge is -2.44. The Hall–Kier alpha value is -2.05. The minimum atomic E-state index is -0.583. The molecule has 3 heterocycles. The Bertz CT molecular complexity index is 1040. The highest BCUT2D eigenvalue weighted by atomic mass is 16.7. The highest BCUT2D eigenvalue weighted by Crippen LogP contribution is 2.45. The monoisotopic (exact) mass is 432 g/mol. The first kappa shape index (κ1) is 20.5. The molecule has 4 aliphatic rings. The number of hydrogen-bond donors (Lipinski definition) is 1. The Morgan fingerprint density at radius 3 is 2.50 bits per heavy atom. The minimum Gasteiger partial charge on any atom is -0.378 e. The molecule has 1 unspecified atom stereocenters. The molecule has 1 saturated carbocycles. The average Bonchev–Trinajstić information content (AvgIpc) is 3.59. The van der Waals surface area contributed by atoms with Crippen molar-refractivity contribution in [3.8, 4) is 0 Å². The van der Waals surface area contributed by atoms with Crippen LogP contribution in [0.15, 0.2) is 54.3 Å². The summed E-state index contributed by atoms with van der Waals surface area (Å²) < 4.78 is 12.7. The molecule has 0 spiro atoms. The van der Waals surface area contributed by atoms with E-state index in [1.165, 1.54) is 34.9 Å². The second kappa shape index (κ2) is 8.38. The van der Waals surface area contributed by atoms with Gasteiger partial charge in [-0.25, -0.2) is 0 Å². The number of ether oxygens (including phenoxy) is 2. The van der Waals surface area contributed by atoms with E-state index in [1.807, 2.05) is 12.3 Å². The third-order valence-corrected chi connectivity index (χ3v) is 7.76. The lowest BCUT2D eigenvalue weighted by molar-refractivity contribution is -0.182. The second-order valence-corrected chi connectivity index (χ2v) is 9.73. The third kappa shape index (κ3) is 3.71. The van der Waals surface area contributed by atoms with Crippen molar-refractivity contribution in [3.63, 3.8) is 0 Å². The predicted octanol–water partition coefficient (Wildman–Crippen LogP) is 4.52. The molecule has 2 aliphatic heterocycles. The van der Waals surface area contributed by atoms with Crippen molar-refractivity contribution in [2.75, 3.05) is 26.3 Å². The molecule has 5 heteroatoms. The van der Waals surface area contributed by atoms with E-state index in [9.17, 15) is 5.11 Å². The Morgan fingerprint density at radius 2 is 1.78 bits per heavy atom. The van der Waals surface area contributed by atoms with E-state index in [0.29, 0.717) is 25.0 Å². The fourth-order valence-corrected chi connectivity index (χ4v) is 5.76. The van der Waals surface area contributed by atoms with Crippen LogP contribution in [-0.4, -0.2) is 53.3 Å². The van der Waals surface area contributed by atoms with Crippen LogP contribution in [0.3, 0.4) is 0 Å². The SMILES string of the molecule is OC(C1CC1)N1CCC(C2(C3=CC=C(c4cnc5ccccc5c4)CC3)OCCO2)CC1. The summed E-state index contributed by atoms with van der Waals surface area (Å²) in [7, 11) is 0. The summed E-state index contributed by atoms with van der Waals surface area (Å²) in [4.78, 5) is 6.90. The Labute approximate surface area is 189 Å². The van der Waals surface area contributed by atoms with Crippen molar-refractivity contribution in [2.24, 2.45) is 11.8 Å². The molecule has 2 saturated heterocycles. The maximum atomic E-state index is 10.5. The van der Waals surface area contributed by atoms with Crippen LogP contribution in [0.2, 0.25) is 0 Å². The van der Waals surface area contributed by atoms with E-state index >= 15 is 0 Å². The van der Waals surface area contributed by atoms with Crippen LogP contribution in [0.5, 0.6) is 0 Å². The van der Waals surface area contributed by atoms with Crippen molar-refractivity contribution in [3.05, 3.63) is 59.8 Å². The number of pyridine rings is 1. The van der Waals surface area contributed by atoms with Crippen LogP contribution in [0.4, 0.5) is 0 Å². The highest BCUT2D eigenvalue weighted by Gasteiger charge is 2.49. The first-order valence-electron chi connectivity index (χ1n) is 12.2. The molecule has 32 heavy (non-hydrogen) atoms. The first-order valence-corrected chi connectivity index (χ1v) is 12.2. The van der Waals surface area contributed by atoms with Gasteiger partial charge < -0.3 is 14.6 Å². The summed E-state index contributed by atoms with van der Waals surface area (Å²) in [6, 6.07) is 10.5. The van der Waals surface area contributed by atoms with Crippen LogP contribution in [0, 0.1) is 11.8 Å². The van der Waals surface area contributed by atoms with Gasteiger partial charge in [-0.05, 0) is 73.3 Å². The topological polar surface area (TPSA) is 54.8 Å². The van der Waals surface area contributed by atoms with E-state index in [4.69, 9.17) is 9.47 Å². The molecule has 6 rings (SSSR count). The van der Waals surface area contributed by atoms with Gasteiger partial charge in [-0.3, -0.25) is 9.88 Å². The molecule has 2 aromatic rings. The number of likely N-dealkylation sites (tertiary alicyclic amines) is 1. The van der Waals surface area contributed by atoms with Crippen LogP contribution in [0.25, 0.3) is 16.5 Å². The largest absolute Gasteiger partial charge is 0.378 e. The quantitative estimate of drug-likeness (QED) is 0.753. The number of para-hydroxylation sites is 1. The fourth-order valence-electron chi connectivity index (χ4n) is 5.76. The Morgan fingerprint density at radius 1 is 1.00 bits per heavy atom. The van der Waals surface area contributed by atoms with Crippen LogP contribution >= 0.6 is 0 Å². The van der Waals surface area contributed by atoms with Crippen molar-refractivity contribution >= 4 is 16.5 Å². The molecule has 1 atom stereocenters. The number of aliphatic hydroxyl groups is 1. The highest BCUT2D eigenvalue weighted by molar-refractivity contribution is 5.83. The second-order valence-electron chi connectivity index (χ2n) is 9.73. The van der Waals surface area contributed by atoms with Gasteiger partial charge in [-0.15, -0.1) is 0 Å². The summed E-state index contributed by atoms with van der Waals surface area (Å²) in [5.74, 6) is 0.255. The molecule has 0 bridgehead atoms. The normalized spacial score (nSPS) is 25.5. The zero-order chi connectivity index (χ0) is 21.5. The van der Waals surface area contributed by atoms with E-state index in [1.54, 1.807) is 0 Å². The van der Waals surface area contributed by atoms with Crippen LogP contribution in [-0.2, 0) is 9.47 Å². The predicted molar refractivity (Wildman–Crippen MR) is 125 cm³/mol. The van der Waals surface area contributed by atoms with E-state index < -0.39 is 5.79 Å². The molecular weight excluding hydrogens is 400 g/mol. The molecule has 1 N–H and O–H groups in total. The molecule has 0 amide bonds. The molecule has 2 aliphatic carbocycles. The van der Waals surface area contributed by atoms with E-state index in [2.05, 4.69) is 46.3 Å². The Balaban J connectivity index is 1.21. The summed E-state index contributed by atoms with van der Waals surface area (Å²) in [6.45, 7) is 3.17. The molecule has 0 radical (unpaired) electrons. The number of aliphatic hydroxyl groups excluding tert-OH is 1. The van der Waals surface area contributed by atoms with Crippen molar-refractivity contribution in [2.45, 2.75) is 50.5 Å². The smallest absolute Gasteiger partial charge is 0.194 e. The fraction of sp³-hybridized carbons (Fsp3) is 0.519. The van der Waals surface area contributed by atoms with Crippen LogP contribution in [0.1, 0.15) is 44.1 Å². The standard InChI is InChI=1S/C27H32N2O3/c30-26(20-5-6-20)29-13-11-24(12-14-29)27(31-15-16-32-27)23-9-7-19(8-10-23)22-17-21-3-1-2-4-25(21)28-18-22/h1-4,7,9,17-18,20,24,26,30H,5-6,8,10-16H2. The van der Waals surface area contributed by atoms with Gasteiger partial charge in [0.15, 0.2) is 5.79 Å². The zero-order valence-corrected chi connectivity index (χ0v) is 18.6. The maximum Gasteiger partial charge on any atom is 0.194 e. The summed E-state index contributed by atoms with van der Waals surface area (Å²) in [6.07, 6.45) is 12.5. The molecule has 1 aromatic carbocycles. The van der Waals surface area contributed by atoms with Gasteiger partial charge in [0.2, 0.25) is 0 Å². The number of aromatic nitrogens is 1. The van der Waals surface area contributed by atoms with Gasteiger partial charge in [0.05, 0.1) is 18.7 Å². The lowest BCUT2D eigenvalue weighted by atomic mass is 9.79. The van der Waals surface area contributed by atoms with Crippen molar-refractivity contribution in [1.29, 1.82) is 0 Å². The van der Waals surface area contributed by atoms with Crippen molar-refractivity contribution < 1.29 is 14.6 Å². The number of allylic oxidation sites excluding steroid dienone is 3. The van der Waals surface area contributed by atoms with Gasteiger partial charge in [0.25, 0.3) is 0 Å². The van der Waals surface area contributed by atoms with Crippen LogP contribution < -0.4 is 0 Å². The van der Waals surface area contributed by atoms with Gasteiger partial charge >= 0.3 is 0 Å². The number of benzene rings is 1. The van der Waals surface area contributed by atoms with Gasteiger partial charge in [-0.1, -0.05) is 30.4 Å². The number of piperidine rings is 1. The molecule has 3 fully saturated rings. The molecule has 5 nitrogen and oxygen atoms in total. The summed E-state index contributed by atoms with van der Waals surface area (Å²) >= 11 is 0. The average molecular weight is 433 g/mol. The first-order chi connectivity index (χ1) is 15.7. The van der Waals surface area contributed by atoms with Gasteiger partial charge in [0, 0.05) is 30.6 Å². The number of fused-ring (bicyclic) bond motifs is 1. The van der Waals surface area contributed by atoms with Gasteiger partial charge in [0.1, 0.15) is 6.23 Å². The number of hydrogen-bond acceptors (Lipinski definition) is 5. The number of nitrogens with zero attached hydrogens (tertiary/aromatic N) is 2.